The standard InChI is InChI=1S/C19H28N4/c1-5-7-12-20-14(3)16-10-9-11-17-18(16)19(21-13-8-6-2)23-15(4)22-17/h9-11,20H,3,5-8,12-13H2,1-2,4H3,(H,21,22,23). The van der Waals surface area contributed by atoms with Gasteiger partial charge in [-0.15, -0.1) is 0 Å². The third kappa shape index (κ3) is 4.44. The fourth-order valence-corrected chi connectivity index (χ4v) is 2.57. The first-order chi connectivity index (χ1) is 11.2. The number of fused-ring (bicyclic) bond motifs is 1. The number of rotatable bonds is 9. The van der Waals surface area contributed by atoms with Gasteiger partial charge in [0.2, 0.25) is 0 Å². The Balaban J connectivity index is 2.38. The third-order valence-corrected chi connectivity index (χ3v) is 3.85. The van der Waals surface area contributed by atoms with Gasteiger partial charge in [0.05, 0.1) is 10.9 Å². The molecule has 124 valence electrons. The SMILES string of the molecule is C=C(NCCCC)c1cccc2nc(C)nc(NCCCC)c12. The van der Waals surface area contributed by atoms with Crippen LogP contribution in [0.3, 0.4) is 0 Å². The van der Waals surface area contributed by atoms with E-state index in [1.807, 2.05) is 19.1 Å². The number of hydrogen-bond acceptors (Lipinski definition) is 4. The molecule has 4 heteroatoms. The van der Waals surface area contributed by atoms with Crippen molar-refractivity contribution in [2.75, 3.05) is 18.4 Å². The molecule has 1 heterocycles. The molecule has 0 bridgehead atoms. The minimum atomic E-state index is 0.790. The van der Waals surface area contributed by atoms with E-state index in [-0.39, 0.29) is 0 Å². The third-order valence-electron chi connectivity index (χ3n) is 3.85. The maximum Gasteiger partial charge on any atom is 0.138 e. The summed E-state index contributed by atoms with van der Waals surface area (Å²) in [6, 6.07) is 6.16. The van der Waals surface area contributed by atoms with Crippen molar-refractivity contribution < 1.29 is 0 Å². The Bertz CT molecular complexity index is 664. The van der Waals surface area contributed by atoms with E-state index >= 15 is 0 Å². The van der Waals surface area contributed by atoms with Crippen LogP contribution in [0.5, 0.6) is 0 Å². The Kier molecular flexibility index (Phi) is 6.39. The number of nitrogens with one attached hydrogen (secondary N) is 2. The van der Waals surface area contributed by atoms with Crippen molar-refractivity contribution in [2.45, 2.75) is 46.5 Å². The Morgan fingerprint density at radius 1 is 1.09 bits per heavy atom. The molecule has 0 radical (unpaired) electrons. The van der Waals surface area contributed by atoms with Gasteiger partial charge in [0, 0.05) is 24.4 Å². The fourth-order valence-electron chi connectivity index (χ4n) is 2.57. The summed E-state index contributed by atoms with van der Waals surface area (Å²) in [5, 5.41) is 7.95. The van der Waals surface area contributed by atoms with Crippen molar-refractivity contribution in [2.24, 2.45) is 0 Å². The Morgan fingerprint density at radius 2 is 1.83 bits per heavy atom. The van der Waals surface area contributed by atoms with Crippen LogP contribution in [0.1, 0.15) is 50.9 Å². The lowest BCUT2D eigenvalue weighted by molar-refractivity contribution is 0.745. The molecule has 2 rings (SSSR count). The molecule has 1 aromatic heterocycles. The Morgan fingerprint density at radius 3 is 2.57 bits per heavy atom. The van der Waals surface area contributed by atoms with Gasteiger partial charge in [-0.25, -0.2) is 9.97 Å². The summed E-state index contributed by atoms with van der Waals surface area (Å²) >= 11 is 0. The predicted octanol–water partition coefficient (Wildman–Crippen LogP) is 4.51. The molecule has 2 N–H and O–H groups in total. The maximum absolute atomic E-state index is 4.62. The number of unbranched alkanes of at least 4 members (excludes halogenated alkanes) is 2. The number of aryl methyl sites for hydroxylation is 1. The summed E-state index contributed by atoms with van der Waals surface area (Å²) in [5.41, 5.74) is 2.99. The molecule has 2 aromatic rings. The predicted molar refractivity (Wildman–Crippen MR) is 99.6 cm³/mol. The zero-order valence-electron chi connectivity index (χ0n) is 14.6. The van der Waals surface area contributed by atoms with E-state index in [1.54, 1.807) is 0 Å². The summed E-state index contributed by atoms with van der Waals surface area (Å²) in [6.45, 7) is 12.4. The summed E-state index contributed by atoms with van der Waals surface area (Å²) in [7, 11) is 0. The van der Waals surface area contributed by atoms with Crippen molar-refractivity contribution in [3.63, 3.8) is 0 Å². The monoisotopic (exact) mass is 312 g/mol. The molecular weight excluding hydrogens is 284 g/mol. The number of nitrogens with zero attached hydrogens (tertiary/aromatic N) is 2. The highest BCUT2D eigenvalue weighted by atomic mass is 15.0. The van der Waals surface area contributed by atoms with Crippen molar-refractivity contribution in [3.8, 4) is 0 Å². The lowest BCUT2D eigenvalue weighted by Gasteiger charge is -2.15. The highest BCUT2D eigenvalue weighted by Crippen LogP contribution is 2.28. The van der Waals surface area contributed by atoms with Gasteiger partial charge in [0.25, 0.3) is 0 Å². The number of anilines is 1. The zero-order chi connectivity index (χ0) is 16.7. The maximum atomic E-state index is 4.62. The van der Waals surface area contributed by atoms with Gasteiger partial charge in [-0.2, -0.15) is 0 Å². The van der Waals surface area contributed by atoms with Crippen molar-refractivity contribution in [3.05, 3.63) is 36.2 Å². The van der Waals surface area contributed by atoms with Gasteiger partial charge < -0.3 is 10.6 Å². The molecule has 0 fully saturated rings. The fraction of sp³-hybridized carbons (Fsp3) is 0.474. The first kappa shape index (κ1) is 17.3. The molecule has 0 aliphatic carbocycles. The van der Waals surface area contributed by atoms with E-state index in [9.17, 15) is 0 Å². The lowest BCUT2D eigenvalue weighted by Crippen LogP contribution is -2.14. The second kappa shape index (κ2) is 8.51. The molecule has 0 spiro atoms. The quantitative estimate of drug-likeness (QED) is 0.669. The van der Waals surface area contributed by atoms with Gasteiger partial charge in [0.15, 0.2) is 0 Å². The Hall–Kier alpha value is -2.10. The van der Waals surface area contributed by atoms with Crippen LogP contribution in [0.4, 0.5) is 5.82 Å². The van der Waals surface area contributed by atoms with Crippen LogP contribution in [0.15, 0.2) is 24.8 Å². The van der Waals surface area contributed by atoms with Gasteiger partial charge in [-0.3, -0.25) is 0 Å². The molecule has 23 heavy (non-hydrogen) atoms. The second-order valence-electron chi connectivity index (χ2n) is 5.86. The van der Waals surface area contributed by atoms with E-state index in [0.29, 0.717) is 0 Å². The first-order valence-corrected chi connectivity index (χ1v) is 8.61. The highest BCUT2D eigenvalue weighted by molar-refractivity contribution is 5.98. The smallest absolute Gasteiger partial charge is 0.138 e. The number of hydrogen-bond donors (Lipinski definition) is 2. The van der Waals surface area contributed by atoms with E-state index in [2.05, 4.69) is 47.1 Å². The highest BCUT2D eigenvalue weighted by Gasteiger charge is 2.12. The van der Waals surface area contributed by atoms with Gasteiger partial charge in [0.1, 0.15) is 11.6 Å². The molecule has 0 saturated heterocycles. The summed E-state index contributed by atoms with van der Waals surface area (Å²) in [5.74, 6) is 1.70. The van der Waals surface area contributed by atoms with Crippen LogP contribution in [0.2, 0.25) is 0 Å². The van der Waals surface area contributed by atoms with E-state index in [0.717, 1.165) is 66.2 Å². The average molecular weight is 312 g/mol. The van der Waals surface area contributed by atoms with Crippen LogP contribution in [0.25, 0.3) is 16.6 Å². The van der Waals surface area contributed by atoms with E-state index in [4.69, 9.17) is 0 Å². The molecular formula is C19H28N4. The second-order valence-corrected chi connectivity index (χ2v) is 5.86. The van der Waals surface area contributed by atoms with E-state index < -0.39 is 0 Å². The topological polar surface area (TPSA) is 49.8 Å². The van der Waals surface area contributed by atoms with Crippen molar-refractivity contribution in [1.29, 1.82) is 0 Å². The molecule has 0 saturated carbocycles. The molecule has 0 unspecified atom stereocenters. The van der Waals surface area contributed by atoms with Crippen LogP contribution >= 0.6 is 0 Å². The molecule has 0 aliphatic rings. The van der Waals surface area contributed by atoms with Gasteiger partial charge >= 0.3 is 0 Å². The summed E-state index contributed by atoms with van der Waals surface area (Å²) < 4.78 is 0. The minimum absolute atomic E-state index is 0.790. The molecule has 0 amide bonds. The van der Waals surface area contributed by atoms with Crippen molar-refractivity contribution in [1.82, 2.24) is 15.3 Å². The van der Waals surface area contributed by atoms with Gasteiger partial charge in [-0.05, 0) is 25.8 Å². The largest absolute Gasteiger partial charge is 0.385 e. The Labute approximate surface area is 139 Å². The average Bonchev–Trinajstić information content (AvgIpc) is 2.54. The van der Waals surface area contributed by atoms with Crippen molar-refractivity contribution >= 4 is 22.4 Å². The minimum Gasteiger partial charge on any atom is -0.385 e. The molecule has 0 aliphatic heterocycles. The van der Waals surface area contributed by atoms with E-state index in [1.165, 1.54) is 6.42 Å². The molecule has 4 nitrogen and oxygen atoms in total. The van der Waals surface area contributed by atoms with Crippen LogP contribution in [-0.2, 0) is 0 Å². The normalized spacial score (nSPS) is 10.7. The van der Waals surface area contributed by atoms with Crippen LogP contribution < -0.4 is 10.6 Å². The first-order valence-electron chi connectivity index (χ1n) is 8.61. The zero-order valence-corrected chi connectivity index (χ0v) is 14.6. The summed E-state index contributed by atoms with van der Waals surface area (Å²) in [6.07, 6.45) is 4.60. The summed E-state index contributed by atoms with van der Waals surface area (Å²) in [4.78, 5) is 9.21. The van der Waals surface area contributed by atoms with Crippen LogP contribution in [-0.4, -0.2) is 23.1 Å². The number of benzene rings is 1. The molecule has 1 aromatic carbocycles. The van der Waals surface area contributed by atoms with Gasteiger partial charge in [-0.1, -0.05) is 45.4 Å². The van der Waals surface area contributed by atoms with Crippen LogP contribution in [0, 0.1) is 6.92 Å². The number of aromatic nitrogens is 2. The lowest BCUT2D eigenvalue weighted by atomic mass is 10.1. The molecule has 0 atom stereocenters.